The minimum absolute atomic E-state index is 0.0699. The van der Waals surface area contributed by atoms with Crippen molar-refractivity contribution in [1.82, 2.24) is 5.32 Å². The van der Waals surface area contributed by atoms with Crippen LogP contribution in [0, 0.1) is 0 Å². The molecule has 0 fully saturated rings. The highest BCUT2D eigenvalue weighted by Crippen LogP contribution is 2.31. The second kappa shape index (κ2) is 8.56. The van der Waals surface area contributed by atoms with Crippen LogP contribution in [0.25, 0.3) is 0 Å². The van der Waals surface area contributed by atoms with Gasteiger partial charge in [0, 0.05) is 6.42 Å². The largest absolute Gasteiger partial charge is 0.445 e. The molecule has 0 heterocycles. The molecule has 0 aliphatic rings. The average molecular weight is 352 g/mol. The molecule has 0 spiro atoms. The first-order valence-electron chi connectivity index (χ1n) is 6.96. The molecule has 2 rings (SSSR count). The van der Waals surface area contributed by atoms with Crippen LogP contribution in [-0.4, -0.2) is 12.4 Å². The molecule has 0 radical (unpaired) electrons. The van der Waals surface area contributed by atoms with E-state index in [1.807, 2.05) is 30.3 Å². The maximum Gasteiger partial charge on any atom is 0.407 e. The molecule has 0 saturated heterocycles. The molecule has 0 aliphatic carbocycles. The summed E-state index contributed by atoms with van der Waals surface area (Å²) in [7, 11) is 0. The summed E-state index contributed by atoms with van der Waals surface area (Å²) in [5.41, 5.74) is 1.44. The van der Waals surface area contributed by atoms with E-state index in [1.54, 1.807) is 18.2 Å². The van der Waals surface area contributed by atoms with Gasteiger partial charge in [0.25, 0.3) is 0 Å². The Kier molecular flexibility index (Phi) is 6.44. The highest BCUT2D eigenvalue weighted by atomic mass is 35.5. The van der Waals surface area contributed by atoms with E-state index < -0.39 is 12.1 Å². The molecule has 2 aromatic rings. The van der Waals surface area contributed by atoms with E-state index in [0.29, 0.717) is 21.9 Å². The summed E-state index contributed by atoms with van der Waals surface area (Å²) in [6.45, 7) is 0.143. The number of aldehydes is 1. The molecule has 2 aromatic carbocycles. The molecule has 23 heavy (non-hydrogen) atoms. The SMILES string of the molecule is O=CCC(NC(=O)OCc1ccccc1)c1cccc(Cl)c1Cl. The van der Waals surface area contributed by atoms with Crippen LogP contribution in [0.1, 0.15) is 23.6 Å². The van der Waals surface area contributed by atoms with Crippen LogP contribution < -0.4 is 5.32 Å². The molecule has 0 saturated carbocycles. The van der Waals surface area contributed by atoms with E-state index in [1.165, 1.54) is 0 Å². The third-order valence-electron chi connectivity index (χ3n) is 3.19. The van der Waals surface area contributed by atoms with Crippen LogP contribution in [0.3, 0.4) is 0 Å². The van der Waals surface area contributed by atoms with Crippen molar-refractivity contribution in [1.29, 1.82) is 0 Å². The molecule has 4 nitrogen and oxygen atoms in total. The monoisotopic (exact) mass is 351 g/mol. The van der Waals surface area contributed by atoms with Gasteiger partial charge < -0.3 is 14.8 Å². The lowest BCUT2D eigenvalue weighted by Crippen LogP contribution is -2.29. The van der Waals surface area contributed by atoms with Crippen molar-refractivity contribution < 1.29 is 14.3 Å². The maximum atomic E-state index is 11.9. The zero-order chi connectivity index (χ0) is 16.7. The van der Waals surface area contributed by atoms with E-state index >= 15 is 0 Å². The number of carbonyl (C=O) groups excluding carboxylic acids is 2. The number of hydrogen-bond acceptors (Lipinski definition) is 3. The molecular weight excluding hydrogens is 337 g/mol. The third kappa shape index (κ3) is 4.98. The Morgan fingerprint density at radius 2 is 1.87 bits per heavy atom. The molecule has 120 valence electrons. The Morgan fingerprint density at radius 3 is 2.57 bits per heavy atom. The lowest BCUT2D eigenvalue weighted by molar-refractivity contribution is -0.108. The fourth-order valence-electron chi connectivity index (χ4n) is 2.06. The van der Waals surface area contributed by atoms with Crippen molar-refractivity contribution >= 4 is 35.6 Å². The Balaban J connectivity index is 2.02. The van der Waals surface area contributed by atoms with Crippen molar-refractivity contribution in [2.75, 3.05) is 0 Å². The standard InChI is InChI=1S/C17H15Cl2NO3/c18-14-8-4-7-13(16(14)19)15(9-10-21)20-17(22)23-11-12-5-2-1-3-6-12/h1-8,10,15H,9,11H2,(H,20,22). The number of ether oxygens (including phenoxy) is 1. The molecule has 1 amide bonds. The second-order valence-corrected chi connectivity index (χ2v) is 5.59. The van der Waals surface area contributed by atoms with Crippen molar-refractivity contribution in [3.8, 4) is 0 Å². The lowest BCUT2D eigenvalue weighted by Gasteiger charge is -2.18. The van der Waals surface area contributed by atoms with Gasteiger partial charge in [0.05, 0.1) is 16.1 Å². The van der Waals surface area contributed by atoms with Gasteiger partial charge in [-0.1, -0.05) is 65.7 Å². The number of amides is 1. The molecule has 1 unspecified atom stereocenters. The number of halogens is 2. The van der Waals surface area contributed by atoms with Crippen LogP contribution in [0.4, 0.5) is 4.79 Å². The van der Waals surface area contributed by atoms with Gasteiger partial charge >= 0.3 is 6.09 Å². The first kappa shape index (κ1) is 17.3. The van der Waals surface area contributed by atoms with Crippen LogP contribution in [0.15, 0.2) is 48.5 Å². The third-order valence-corrected chi connectivity index (χ3v) is 4.03. The minimum atomic E-state index is -0.628. The summed E-state index contributed by atoms with van der Waals surface area (Å²) in [5.74, 6) is 0. The summed E-state index contributed by atoms with van der Waals surface area (Å²) >= 11 is 12.1. The van der Waals surface area contributed by atoms with Crippen LogP contribution in [-0.2, 0) is 16.1 Å². The first-order valence-corrected chi connectivity index (χ1v) is 7.72. The molecule has 0 aliphatic heterocycles. The lowest BCUT2D eigenvalue weighted by atomic mass is 10.0. The predicted octanol–water partition coefficient (Wildman–Crippen LogP) is 4.55. The Morgan fingerprint density at radius 1 is 1.13 bits per heavy atom. The number of hydrogen-bond donors (Lipinski definition) is 1. The summed E-state index contributed by atoms with van der Waals surface area (Å²) in [6, 6.07) is 13.8. The van der Waals surface area contributed by atoms with Crippen molar-refractivity contribution in [3.63, 3.8) is 0 Å². The van der Waals surface area contributed by atoms with E-state index in [9.17, 15) is 9.59 Å². The minimum Gasteiger partial charge on any atom is -0.445 e. The quantitative estimate of drug-likeness (QED) is 0.776. The first-order chi connectivity index (χ1) is 11.1. The highest BCUT2D eigenvalue weighted by molar-refractivity contribution is 6.42. The summed E-state index contributed by atoms with van der Waals surface area (Å²) in [6.07, 6.45) is 0.150. The summed E-state index contributed by atoms with van der Waals surface area (Å²) < 4.78 is 5.15. The summed E-state index contributed by atoms with van der Waals surface area (Å²) in [4.78, 5) is 22.8. The zero-order valence-corrected chi connectivity index (χ0v) is 13.7. The van der Waals surface area contributed by atoms with Gasteiger partial charge in [-0.15, -0.1) is 0 Å². The number of alkyl carbamates (subject to hydrolysis) is 1. The molecule has 0 bridgehead atoms. The van der Waals surface area contributed by atoms with Gasteiger partial charge in [-0.25, -0.2) is 4.79 Å². The van der Waals surface area contributed by atoms with Gasteiger partial charge in [-0.05, 0) is 17.2 Å². The van der Waals surface area contributed by atoms with Gasteiger partial charge in [-0.3, -0.25) is 0 Å². The topological polar surface area (TPSA) is 55.4 Å². The van der Waals surface area contributed by atoms with E-state index in [2.05, 4.69) is 5.32 Å². The van der Waals surface area contributed by atoms with E-state index in [0.717, 1.165) is 5.56 Å². The van der Waals surface area contributed by atoms with Crippen LogP contribution in [0.2, 0.25) is 10.0 Å². The van der Waals surface area contributed by atoms with Gasteiger partial charge in [-0.2, -0.15) is 0 Å². The number of nitrogens with one attached hydrogen (secondary N) is 1. The molecule has 6 heteroatoms. The second-order valence-electron chi connectivity index (χ2n) is 4.80. The van der Waals surface area contributed by atoms with Gasteiger partial charge in [0.2, 0.25) is 0 Å². The summed E-state index contributed by atoms with van der Waals surface area (Å²) in [5, 5.41) is 3.31. The maximum absolute atomic E-state index is 11.9. The number of benzene rings is 2. The predicted molar refractivity (Wildman–Crippen MR) is 89.6 cm³/mol. The Bertz CT molecular complexity index is 677. The van der Waals surface area contributed by atoms with Gasteiger partial charge in [0.1, 0.15) is 12.9 Å². The van der Waals surface area contributed by atoms with E-state index in [-0.39, 0.29) is 13.0 Å². The van der Waals surface area contributed by atoms with Crippen molar-refractivity contribution in [3.05, 3.63) is 69.7 Å². The number of rotatable bonds is 6. The van der Waals surface area contributed by atoms with Gasteiger partial charge in [0.15, 0.2) is 0 Å². The van der Waals surface area contributed by atoms with Crippen molar-refractivity contribution in [2.45, 2.75) is 19.1 Å². The fourth-order valence-corrected chi connectivity index (χ4v) is 2.50. The fraction of sp³-hybridized carbons (Fsp3) is 0.176. The van der Waals surface area contributed by atoms with Crippen LogP contribution >= 0.6 is 23.2 Å². The molecule has 1 N–H and O–H groups in total. The van der Waals surface area contributed by atoms with Crippen molar-refractivity contribution in [2.24, 2.45) is 0 Å². The Labute approximate surface area is 144 Å². The molecular formula is C17H15Cl2NO3. The zero-order valence-electron chi connectivity index (χ0n) is 12.2. The molecule has 0 aromatic heterocycles. The molecule has 1 atom stereocenters. The Hall–Kier alpha value is -2.04. The number of carbonyl (C=O) groups is 2. The van der Waals surface area contributed by atoms with E-state index in [4.69, 9.17) is 27.9 Å². The normalized spacial score (nSPS) is 11.6. The van der Waals surface area contributed by atoms with Crippen LogP contribution in [0.5, 0.6) is 0 Å². The highest BCUT2D eigenvalue weighted by Gasteiger charge is 2.19. The average Bonchev–Trinajstić information content (AvgIpc) is 2.56. The smallest absolute Gasteiger partial charge is 0.407 e.